The summed E-state index contributed by atoms with van der Waals surface area (Å²) >= 11 is 2.35. The van der Waals surface area contributed by atoms with Crippen LogP contribution in [-0.2, 0) is 6.42 Å². The van der Waals surface area contributed by atoms with Crippen LogP contribution >= 0.6 is 22.6 Å². The Bertz CT molecular complexity index is 356. The van der Waals surface area contributed by atoms with Crippen LogP contribution in [0.4, 0.5) is 0 Å². The van der Waals surface area contributed by atoms with Crippen molar-refractivity contribution >= 4 is 22.6 Å². The second kappa shape index (κ2) is 8.22. The Morgan fingerprint density at radius 1 is 1.05 bits per heavy atom. The molecule has 1 aromatic carbocycles. The van der Waals surface area contributed by atoms with Crippen LogP contribution in [0.2, 0.25) is 0 Å². The number of hydrazine groups is 1. The van der Waals surface area contributed by atoms with Gasteiger partial charge in [-0.15, -0.1) is 0 Å². The van der Waals surface area contributed by atoms with Gasteiger partial charge in [0.05, 0.1) is 0 Å². The summed E-state index contributed by atoms with van der Waals surface area (Å²) < 4.78 is 1.30. The number of nitrogens with one attached hydrogen (secondary N) is 1. The number of benzene rings is 1. The van der Waals surface area contributed by atoms with Crippen LogP contribution in [-0.4, -0.2) is 6.04 Å². The predicted octanol–water partition coefficient (Wildman–Crippen LogP) is 4.03. The first kappa shape index (κ1) is 15.3. The average Bonchev–Trinajstić information content (AvgIpc) is 2.38. The van der Waals surface area contributed by atoms with Crippen molar-refractivity contribution in [3.05, 3.63) is 33.4 Å². The minimum absolute atomic E-state index is 0.429. The minimum Gasteiger partial charge on any atom is -0.271 e. The van der Waals surface area contributed by atoms with Crippen molar-refractivity contribution in [2.75, 3.05) is 0 Å². The number of halogens is 1. The molecule has 1 saturated carbocycles. The molecule has 0 spiro atoms. The normalized spacial score (nSPS) is 19.7. The molecule has 2 rings (SSSR count). The molecule has 1 aliphatic rings. The van der Waals surface area contributed by atoms with Crippen LogP contribution in [0.1, 0.15) is 50.5 Å². The molecular formula is C16H25IN2. The van der Waals surface area contributed by atoms with E-state index in [9.17, 15) is 0 Å². The van der Waals surface area contributed by atoms with E-state index >= 15 is 0 Å². The molecule has 0 aliphatic heterocycles. The van der Waals surface area contributed by atoms with Gasteiger partial charge in [-0.3, -0.25) is 11.3 Å². The van der Waals surface area contributed by atoms with Crippen molar-refractivity contribution in [2.24, 2.45) is 11.8 Å². The second-order valence-electron chi connectivity index (χ2n) is 5.71. The zero-order valence-corrected chi connectivity index (χ0v) is 13.7. The van der Waals surface area contributed by atoms with Gasteiger partial charge in [-0.1, -0.05) is 44.2 Å². The largest absolute Gasteiger partial charge is 0.271 e. The third kappa shape index (κ3) is 5.04. The van der Waals surface area contributed by atoms with E-state index in [1.54, 1.807) is 0 Å². The molecular weight excluding hydrogens is 347 g/mol. The Labute approximate surface area is 130 Å². The van der Waals surface area contributed by atoms with E-state index in [-0.39, 0.29) is 0 Å². The van der Waals surface area contributed by atoms with Crippen LogP contribution in [0.5, 0.6) is 0 Å². The van der Waals surface area contributed by atoms with Gasteiger partial charge in [-0.05, 0) is 65.5 Å². The average molecular weight is 372 g/mol. The lowest BCUT2D eigenvalue weighted by Gasteiger charge is -2.28. The van der Waals surface area contributed by atoms with Crippen molar-refractivity contribution < 1.29 is 0 Å². The molecule has 0 radical (unpaired) electrons. The maximum atomic E-state index is 5.82. The van der Waals surface area contributed by atoms with Crippen molar-refractivity contribution in [1.29, 1.82) is 0 Å². The molecule has 2 nitrogen and oxygen atoms in total. The SMILES string of the molecule is NNC(Cc1ccc(I)cc1)C1CCCCCCC1. The minimum atomic E-state index is 0.429. The Kier molecular flexibility index (Phi) is 6.61. The van der Waals surface area contributed by atoms with Crippen molar-refractivity contribution in [2.45, 2.75) is 57.4 Å². The Morgan fingerprint density at radius 2 is 1.63 bits per heavy atom. The van der Waals surface area contributed by atoms with Gasteiger partial charge in [0.2, 0.25) is 0 Å². The first-order valence-corrected chi connectivity index (χ1v) is 8.58. The highest BCUT2D eigenvalue weighted by atomic mass is 127. The van der Waals surface area contributed by atoms with Gasteiger partial charge < -0.3 is 0 Å². The van der Waals surface area contributed by atoms with Crippen LogP contribution in [0.3, 0.4) is 0 Å². The lowest BCUT2D eigenvalue weighted by Crippen LogP contribution is -2.42. The summed E-state index contributed by atoms with van der Waals surface area (Å²) in [5.74, 6) is 6.56. The quantitative estimate of drug-likeness (QED) is 0.476. The molecule has 1 atom stereocenters. The second-order valence-corrected chi connectivity index (χ2v) is 6.95. The van der Waals surface area contributed by atoms with E-state index in [1.807, 2.05) is 0 Å². The van der Waals surface area contributed by atoms with Crippen LogP contribution in [0.25, 0.3) is 0 Å². The lowest BCUT2D eigenvalue weighted by atomic mass is 9.83. The van der Waals surface area contributed by atoms with Gasteiger partial charge in [0, 0.05) is 9.61 Å². The molecule has 3 N–H and O–H groups in total. The van der Waals surface area contributed by atoms with Crippen molar-refractivity contribution in [3.63, 3.8) is 0 Å². The van der Waals surface area contributed by atoms with E-state index in [2.05, 4.69) is 52.3 Å². The van der Waals surface area contributed by atoms with Gasteiger partial charge in [0.15, 0.2) is 0 Å². The molecule has 1 fully saturated rings. The summed E-state index contributed by atoms with van der Waals surface area (Å²) in [6.07, 6.45) is 10.7. The number of hydrogen-bond donors (Lipinski definition) is 2. The van der Waals surface area contributed by atoms with Crippen LogP contribution in [0, 0.1) is 9.49 Å². The summed E-state index contributed by atoms with van der Waals surface area (Å²) in [4.78, 5) is 0. The molecule has 0 amide bonds. The fourth-order valence-corrected chi connectivity index (χ4v) is 3.49. The van der Waals surface area contributed by atoms with Gasteiger partial charge >= 0.3 is 0 Å². The fraction of sp³-hybridized carbons (Fsp3) is 0.625. The Morgan fingerprint density at radius 3 is 2.21 bits per heavy atom. The fourth-order valence-electron chi connectivity index (χ4n) is 3.13. The molecule has 0 bridgehead atoms. The first-order valence-electron chi connectivity index (χ1n) is 7.50. The van der Waals surface area contributed by atoms with E-state index in [4.69, 9.17) is 5.84 Å². The molecule has 1 aromatic rings. The highest BCUT2D eigenvalue weighted by Gasteiger charge is 2.21. The monoisotopic (exact) mass is 372 g/mol. The summed E-state index contributed by atoms with van der Waals surface area (Å²) in [7, 11) is 0. The highest BCUT2D eigenvalue weighted by molar-refractivity contribution is 14.1. The standard InChI is InChI=1S/C16H25IN2/c17-15-10-8-13(9-11-15)12-16(19-18)14-6-4-2-1-3-5-7-14/h8-11,14,16,19H,1-7,12,18H2. The third-order valence-electron chi connectivity index (χ3n) is 4.30. The van der Waals surface area contributed by atoms with Crippen LogP contribution in [0.15, 0.2) is 24.3 Å². The molecule has 1 unspecified atom stereocenters. The molecule has 19 heavy (non-hydrogen) atoms. The summed E-state index contributed by atoms with van der Waals surface area (Å²) in [6.45, 7) is 0. The van der Waals surface area contributed by atoms with E-state index in [1.165, 1.54) is 54.1 Å². The summed E-state index contributed by atoms with van der Waals surface area (Å²) in [5.41, 5.74) is 4.48. The smallest absolute Gasteiger partial charge is 0.0279 e. The predicted molar refractivity (Wildman–Crippen MR) is 89.8 cm³/mol. The molecule has 3 heteroatoms. The van der Waals surface area contributed by atoms with Gasteiger partial charge in [0.1, 0.15) is 0 Å². The Balaban J connectivity index is 1.95. The Hall–Kier alpha value is -0.130. The van der Waals surface area contributed by atoms with E-state index in [0.29, 0.717) is 6.04 Å². The van der Waals surface area contributed by atoms with E-state index in [0.717, 1.165) is 12.3 Å². The van der Waals surface area contributed by atoms with Gasteiger partial charge in [0.25, 0.3) is 0 Å². The number of rotatable bonds is 4. The first-order chi connectivity index (χ1) is 9.29. The van der Waals surface area contributed by atoms with Crippen molar-refractivity contribution in [3.8, 4) is 0 Å². The van der Waals surface area contributed by atoms with E-state index < -0.39 is 0 Å². The lowest BCUT2D eigenvalue weighted by molar-refractivity contribution is 0.285. The molecule has 1 aliphatic carbocycles. The van der Waals surface area contributed by atoms with Crippen LogP contribution < -0.4 is 11.3 Å². The maximum absolute atomic E-state index is 5.82. The number of hydrogen-bond acceptors (Lipinski definition) is 2. The zero-order chi connectivity index (χ0) is 13.5. The van der Waals surface area contributed by atoms with Gasteiger partial charge in [-0.2, -0.15) is 0 Å². The van der Waals surface area contributed by atoms with Crippen molar-refractivity contribution in [1.82, 2.24) is 5.43 Å². The molecule has 0 aromatic heterocycles. The third-order valence-corrected chi connectivity index (χ3v) is 5.02. The highest BCUT2D eigenvalue weighted by Crippen LogP contribution is 2.26. The van der Waals surface area contributed by atoms with Gasteiger partial charge in [-0.25, -0.2) is 0 Å². The molecule has 106 valence electrons. The molecule has 0 heterocycles. The summed E-state index contributed by atoms with van der Waals surface area (Å²) in [6, 6.07) is 9.26. The number of nitrogens with two attached hydrogens (primary N) is 1. The zero-order valence-electron chi connectivity index (χ0n) is 11.6. The topological polar surface area (TPSA) is 38.0 Å². The maximum Gasteiger partial charge on any atom is 0.0279 e. The summed E-state index contributed by atoms with van der Waals surface area (Å²) in [5, 5.41) is 0. The molecule has 0 saturated heterocycles.